The first kappa shape index (κ1) is 18.6. The maximum atomic E-state index is 12.8. The van der Waals surface area contributed by atoms with Crippen LogP contribution in [0, 0.1) is 0 Å². The predicted octanol–water partition coefficient (Wildman–Crippen LogP) is 6.29. The van der Waals surface area contributed by atoms with Crippen molar-refractivity contribution in [2.24, 2.45) is 0 Å². The van der Waals surface area contributed by atoms with Crippen molar-refractivity contribution in [1.82, 2.24) is 0 Å². The van der Waals surface area contributed by atoms with Crippen LogP contribution in [0.15, 0.2) is 42.5 Å². The topological polar surface area (TPSA) is 26.3 Å². The lowest BCUT2D eigenvalue weighted by molar-refractivity contribution is -0.126. The van der Waals surface area contributed by atoms with Gasteiger partial charge >= 0.3 is 0 Å². The van der Waals surface area contributed by atoms with Gasteiger partial charge in [0.2, 0.25) is 5.01 Å². The zero-order valence-corrected chi connectivity index (χ0v) is 16.3. The Morgan fingerprint density at radius 1 is 1.09 bits per heavy atom. The van der Waals surface area contributed by atoms with Gasteiger partial charge in [-0.15, -0.1) is 0 Å². The minimum absolute atomic E-state index is 0.147. The monoisotopic (exact) mass is 434 g/mol. The van der Waals surface area contributed by atoms with E-state index in [0.29, 0.717) is 5.02 Å². The molecule has 0 aliphatic heterocycles. The molecule has 2 rings (SSSR count). The van der Waals surface area contributed by atoms with Crippen molar-refractivity contribution in [3.8, 4) is 5.75 Å². The molecule has 1 atom stereocenters. The van der Waals surface area contributed by atoms with Crippen LogP contribution in [0.1, 0.15) is 19.4 Å². The van der Waals surface area contributed by atoms with Gasteiger partial charge in [0.25, 0.3) is 0 Å². The third-order valence-corrected chi connectivity index (χ3v) is 4.88. The second-order valence-corrected chi connectivity index (χ2v) is 7.57. The fourth-order valence-corrected chi connectivity index (χ4v) is 3.74. The number of carbonyl (C=O) groups excluding carboxylic acids is 1. The van der Waals surface area contributed by atoms with E-state index in [9.17, 15) is 4.79 Å². The Morgan fingerprint density at radius 3 is 2.13 bits per heavy atom. The van der Waals surface area contributed by atoms with Crippen molar-refractivity contribution in [2.45, 2.75) is 24.3 Å². The number of hydrogen-bond donors (Lipinski definition) is 0. The third kappa shape index (κ3) is 4.21. The minimum atomic E-state index is -0.895. The molecule has 0 N–H and O–H groups in total. The van der Waals surface area contributed by atoms with Crippen LogP contribution in [0.3, 0.4) is 0 Å². The second-order valence-electron chi connectivity index (χ2n) is 5.49. The Kier molecular flexibility index (Phi) is 6.01. The van der Waals surface area contributed by atoms with Crippen molar-refractivity contribution in [2.75, 3.05) is 0 Å². The number of carbonyl (C=O) groups is 1. The molecule has 6 heteroatoms. The summed E-state index contributed by atoms with van der Waals surface area (Å²) in [6.45, 7) is 3.68. The van der Waals surface area contributed by atoms with Crippen molar-refractivity contribution in [3.63, 3.8) is 0 Å². The number of Topliss-reactive ketones (excluding diaryl/α,β-unsaturated/α-hetero) is 1. The SMILES string of the molecule is CC(C)(C(=O)C(Br)Oc1c(Cl)cc(Cl)cc1Cl)c1ccccc1. The number of ether oxygens (including phenoxy) is 1. The predicted molar refractivity (Wildman–Crippen MR) is 99.3 cm³/mol. The molecule has 122 valence electrons. The molecule has 0 fully saturated rings. The highest BCUT2D eigenvalue weighted by atomic mass is 79.9. The first-order valence-electron chi connectivity index (χ1n) is 6.78. The summed E-state index contributed by atoms with van der Waals surface area (Å²) in [5, 5.41) is -0.00201. The van der Waals surface area contributed by atoms with Crippen LogP contribution < -0.4 is 4.74 Å². The largest absolute Gasteiger partial charge is 0.468 e. The van der Waals surface area contributed by atoms with Gasteiger partial charge in [-0.05, 0) is 47.5 Å². The molecule has 0 radical (unpaired) electrons. The average Bonchev–Trinajstić information content (AvgIpc) is 2.50. The molecule has 0 saturated heterocycles. The first-order valence-corrected chi connectivity index (χ1v) is 8.83. The van der Waals surface area contributed by atoms with Crippen LogP contribution in [0.5, 0.6) is 5.75 Å². The molecule has 0 heterocycles. The van der Waals surface area contributed by atoms with Gasteiger partial charge in [0.15, 0.2) is 11.5 Å². The molecule has 0 spiro atoms. The van der Waals surface area contributed by atoms with Crippen LogP contribution in [-0.4, -0.2) is 10.8 Å². The Labute approximate surface area is 158 Å². The molecule has 0 saturated carbocycles. The van der Waals surface area contributed by atoms with Crippen LogP contribution in [-0.2, 0) is 10.2 Å². The van der Waals surface area contributed by atoms with E-state index in [-0.39, 0.29) is 21.6 Å². The highest BCUT2D eigenvalue weighted by molar-refractivity contribution is 9.09. The van der Waals surface area contributed by atoms with E-state index in [0.717, 1.165) is 5.56 Å². The number of hydrogen-bond acceptors (Lipinski definition) is 2. The number of halogens is 4. The zero-order valence-electron chi connectivity index (χ0n) is 12.4. The Morgan fingerprint density at radius 2 is 1.61 bits per heavy atom. The van der Waals surface area contributed by atoms with Crippen LogP contribution in [0.2, 0.25) is 15.1 Å². The number of ketones is 1. The molecular weight excluding hydrogens is 422 g/mol. The van der Waals surface area contributed by atoms with Crippen molar-refractivity contribution >= 4 is 56.5 Å². The van der Waals surface area contributed by atoms with E-state index in [1.165, 1.54) is 12.1 Å². The zero-order chi connectivity index (χ0) is 17.2. The highest BCUT2D eigenvalue weighted by Gasteiger charge is 2.35. The third-order valence-electron chi connectivity index (χ3n) is 3.50. The molecule has 0 bridgehead atoms. The van der Waals surface area contributed by atoms with Gasteiger partial charge in [-0.2, -0.15) is 0 Å². The summed E-state index contributed by atoms with van der Waals surface area (Å²) < 4.78 is 5.65. The molecule has 2 aromatic carbocycles. The summed E-state index contributed by atoms with van der Waals surface area (Å²) in [6.07, 6.45) is 0. The lowest BCUT2D eigenvalue weighted by Gasteiger charge is -2.27. The van der Waals surface area contributed by atoms with Crippen molar-refractivity contribution in [1.29, 1.82) is 0 Å². The lowest BCUT2D eigenvalue weighted by atomic mass is 9.81. The molecule has 0 aromatic heterocycles. The Hall–Kier alpha value is -0.740. The fourth-order valence-electron chi connectivity index (χ4n) is 2.08. The van der Waals surface area contributed by atoms with E-state index >= 15 is 0 Å². The molecule has 0 aliphatic carbocycles. The fraction of sp³-hybridized carbons (Fsp3) is 0.235. The minimum Gasteiger partial charge on any atom is -0.468 e. The number of benzene rings is 2. The maximum Gasteiger partial charge on any atom is 0.212 e. The maximum absolute atomic E-state index is 12.8. The van der Waals surface area contributed by atoms with Crippen LogP contribution in [0.25, 0.3) is 0 Å². The molecular formula is C17H14BrCl3O2. The summed E-state index contributed by atoms with van der Waals surface area (Å²) >= 11 is 21.3. The van der Waals surface area contributed by atoms with E-state index < -0.39 is 10.4 Å². The van der Waals surface area contributed by atoms with E-state index in [1.54, 1.807) is 0 Å². The summed E-state index contributed by atoms with van der Waals surface area (Å²) in [5.74, 6) is 0.0719. The van der Waals surface area contributed by atoms with Gasteiger partial charge in [0.05, 0.1) is 15.5 Å². The molecule has 2 nitrogen and oxygen atoms in total. The average molecular weight is 437 g/mol. The Bertz CT molecular complexity index is 694. The van der Waals surface area contributed by atoms with Gasteiger partial charge in [0.1, 0.15) is 0 Å². The molecule has 0 amide bonds. The molecule has 0 aliphatic rings. The number of rotatable bonds is 5. The van der Waals surface area contributed by atoms with E-state index in [4.69, 9.17) is 39.5 Å². The first-order chi connectivity index (χ1) is 10.7. The van der Waals surface area contributed by atoms with Crippen LogP contribution in [0.4, 0.5) is 0 Å². The summed E-state index contributed by atoms with van der Waals surface area (Å²) in [6, 6.07) is 12.5. The molecule has 1 unspecified atom stereocenters. The number of alkyl halides is 1. The second kappa shape index (κ2) is 7.43. The summed E-state index contributed by atoms with van der Waals surface area (Å²) in [5.41, 5.74) is 0.159. The normalized spacial score (nSPS) is 12.8. The van der Waals surface area contributed by atoms with Gasteiger partial charge in [-0.1, -0.05) is 65.1 Å². The van der Waals surface area contributed by atoms with Crippen molar-refractivity contribution in [3.05, 3.63) is 63.1 Å². The van der Waals surface area contributed by atoms with E-state index in [2.05, 4.69) is 15.9 Å². The van der Waals surface area contributed by atoms with Gasteiger partial charge in [-0.25, -0.2) is 0 Å². The van der Waals surface area contributed by atoms with E-state index in [1.807, 2.05) is 44.2 Å². The van der Waals surface area contributed by atoms with Crippen molar-refractivity contribution < 1.29 is 9.53 Å². The summed E-state index contributed by atoms with van der Waals surface area (Å²) in [7, 11) is 0. The molecule has 23 heavy (non-hydrogen) atoms. The quantitative estimate of drug-likeness (QED) is 0.515. The highest BCUT2D eigenvalue weighted by Crippen LogP contribution is 2.38. The molecule has 2 aromatic rings. The standard InChI is InChI=1S/C17H14BrCl3O2/c1-17(2,10-6-4-3-5-7-10)15(22)16(18)23-14-12(20)8-11(19)9-13(14)21/h3-9,16H,1-2H3. The van der Waals surface area contributed by atoms with Gasteiger partial charge in [0, 0.05) is 5.02 Å². The lowest BCUT2D eigenvalue weighted by Crippen LogP contribution is -2.38. The van der Waals surface area contributed by atoms with Gasteiger partial charge < -0.3 is 4.74 Å². The van der Waals surface area contributed by atoms with Crippen LogP contribution >= 0.6 is 50.7 Å². The summed E-state index contributed by atoms with van der Waals surface area (Å²) in [4.78, 5) is 12.8. The Balaban J connectivity index is 2.24. The van der Waals surface area contributed by atoms with Gasteiger partial charge in [-0.3, -0.25) is 4.79 Å². The smallest absolute Gasteiger partial charge is 0.212 e.